The Labute approximate surface area is 137 Å². The molecule has 5 nitrogen and oxygen atoms in total. The predicted molar refractivity (Wildman–Crippen MR) is 85.2 cm³/mol. The number of nitrogens with one attached hydrogen (secondary N) is 1. The van der Waals surface area contributed by atoms with Crippen molar-refractivity contribution >= 4 is 51.5 Å². The first-order chi connectivity index (χ1) is 9.88. The first-order valence-electron chi connectivity index (χ1n) is 5.59. The van der Waals surface area contributed by atoms with Crippen LogP contribution in [-0.2, 0) is 0 Å². The summed E-state index contributed by atoms with van der Waals surface area (Å²) in [6, 6.07) is 7.77. The minimum atomic E-state index is -0.664. The van der Waals surface area contributed by atoms with Crippen molar-refractivity contribution in [1.29, 1.82) is 0 Å². The number of benzene rings is 2. The van der Waals surface area contributed by atoms with Crippen molar-refractivity contribution in [2.24, 2.45) is 0 Å². The first-order valence-corrected chi connectivity index (χ1v) is 7.04. The lowest BCUT2D eigenvalue weighted by Gasteiger charge is -2.07. The fourth-order valence-corrected chi connectivity index (χ4v) is 2.27. The first kappa shape index (κ1) is 15.6. The molecule has 1 N–H and O–H groups in total. The molecule has 2 aromatic rings. The topological polar surface area (TPSA) is 72.2 Å². The summed E-state index contributed by atoms with van der Waals surface area (Å²) in [6.07, 6.45) is 0. The van der Waals surface area contributed by atoms with Gasteiger partial charge in [-0.25, -0.2) is 4.39 Å². The molecule has 108 valence electrons. The zero-order valence-corrected chi connectivity index (χ0v) is 13.2. The number of nitro groups is 1. The molecular formula is C13H7ClFIN2O3. The van der Waals surface area contributed by atoms with Crippen molar-refractivity contribution in [2.45, 2.75) is 0 Å². The van der Waals surface area contributed by atoms with Gasteiger partial charge in [0.15, 0.2) is 0 Å². The predicted octanol–water partition coefficient (Wildman–Crippen LogP) is 4.24. The fraction of sp³-hybridized carbons (Fsp3) is 0. The summed E-state index contributed by atoms with van der Waals surface area (Å²) in [4.78, 5) is 22.3. The molecule has 21 heavy (non-hydrogen) atoms. The number of amides is 1. The number of nitrogens with zero attached hydrogens (tertiary/aromatic N) is 1. The van der Waals surface area contributed by atoms with Crippen LogP contribution in [-0.4, -0.2) is 10.8 Å². The van der Waals surface area contributed by atoms with Gasteiger partial charge in [-0.2, -0.15) is 0 Å². The van der Waals surface area contributed by atoms with E-state index in [4.69, 9.17) is 11.6 Å². The van der Waals surface area contributed by atoms with E-state index in [2.05, 4.69) is 5.32 Å². The van der Waals surface area contributed by atoms with Crippen LogP contribution in [0.2, 0.25) is 5.02 Å². The van der Waals surface area contributed by atoms with E-state index in [1.165, 1.54) is 30.3 Å². The minimum absolute atomic E-state index is 0.0575. The number of anilines is 1. The van der Waals surface area contributed by atoms with Crippen LogP contribution in [0.25, 0.3) is 0 Å². The van der Waals surface area contributed by atoms with Gasteiger partial charge < -0.3 is 5.32 Å². The van der Waals surface area contributed by atoms with Gasteiger partial charge in [-0.1, -0.05) is 11.6 Å². The van der Waals surface area contributed by atoms with Crippen LogP contribution in [0.4, 0.5) is 15.8 Å². The van der Waals surface area contributed by atoms with Crippen LogP contribution < -0.4 is 5.32 Å². The van der Waals surface area contributed by atoms with Gasteiger partial charge in [0.2, 0.25) is 0 Å². The maximum absolute atomic E-state index is 13.3. The molecule has 0 aliphatic rings. The highest BCUT2D eigenvalue weighted by Gasteiger charge is 2.16. The van der Waals surface area contributed by atoms with Crippen molar-refractivity contribution < 1.29 is 14.1 Å². The number of carbonyl (C=O) groups is 1. The molecule has 2 rings (SSSR count). The van der Waals surface area contributed by atoms with Crippen molar-refractivity contribution in [2.75, 3.05) is 5.32 Å². The minimum Gasteiger partial charge on any atom is -0.322 e. The molecule has 8 heteroatoms. The van der Waals surface area contributed by atoms with E-state index in [9.17, 15) is 19.3 Å². The van der Waals surface area contributed by atoms with Crippen molar-refractivity contribution in [3.8, 4) is 0 Å². The number of carbonyl (C=O) groups excluding carboxylic acids is 1. The summed E-state index contributed by atoms with van der Waals surface area (Å²) in [5, 5.41) is 13.1. The van der Waals surface area contributed by atoms with E-state index in [0.29, 0.717) is 3.57 Å². The molecule has 0 unspecified atom stereocenters. The van der Waals surface area contributed by atoms with Crippen LogP contribution >= 0.6 is 34.2 Å². The molecule has 0 fully saturated rings. The van der Waals surface area contributed by atoms with Crippen LogP contribution in [0.15, 0.2) is 36.4 Å². The van der Waals surface area contributed by atoms with E-state index in [1.54, 1.807) is 0 Å². The number of non-ortho nitro benzene ring substituents is 1. The summed E-state index contributed by atoms with van der Waals surface area (Å²) < 4.78 is 13.9. The normalized spacial score (nSPS) is 10.2. The van der Waals surface area contributed by atoms with Gasteiger partial charge in [0.05, 0.1) is 15.5 Å². The lowest BCUT2D eigenvalue weighted by atomic mass is 10.2. The van der Waals surface area contributed by atoms with E-state index in [-0.39, 0.29) is 22.0 Å². The van der Waals surface area contributed by atoms with Gasteiger partial charge in [0.25, 0.3) is 11.6 Å². The van der Waals surface area contributed by atoms with Crippen LogP contribution in [0.5, 0.6) is 0 Å². The number of hydrogen-bond donors (Lipinski definition) is 1. The molecule has 0 radical (unpaired) electrons. The highest BCUT2D eigenvalue weighted by molar-refractivity contribution is 14.1. The number of rotatable bonds is 3. The standard InChI is InChI=1S/C13H7ClFIN2O3/c14-10-3-1-7(5-11(10)15)17-13(19)9-6-8(18(20)21)2-4-12(9)16/h1-6H,(H,17,19). The number of halogens is 3. The maximum Gasteiger partial charge on any atom is 0.270 e. The van der Waals surface area contributed by atoms with Crippen molar-refractivity contribution in [3.05, 3.63) is 66.5 Å². The van der Waals surface area contributed by atoms with E-state index in [1.807, 2.05) is 22.6 Å². The molecule has 0 saturated carbocycles. The SMILES string of the molecule is O=C(Nc1ccc(Cl)c(F)c1)c1cc([N+](=O)[O-])ccc1I. The third-order valence-corrected chi connectivity index (χ3v) is 3.83. The number of hydrogen-bond acceptors (Lipinski definition) is 3. The quantitative estimate of drug-likeness (QED) is 0.458. The molecule has 0 bridgehead atoms. The average molecular weight is 421 g/mol. The zero-order chi connectivity index (χ0) is 15.6. The molecule has 0 aliphatic carbocycles. The molecule has 0 saturated heterocycles. The number of nitro benzene ring substituents is 1. The highest BCUT2D eigenvalue weighted by Crippen LogP contribution is 2.22. The van der Waals surface area contributed by atoms with Gasteiger partial charge in [0, 0.05) is 21.4 Å². The third kappa shape index (κ3) is 3.67. The Bertz CT molecular complexity index is 739. The van der Waals surface area contributed by atoms with Gasteiger partial charge in [-0.15, -0.1) is 0 Å². The summed E-state index contributed by atoms with van der Waals surface area (Å²) in [5.74, 6) is -1.23. The fourth-order valence-electron chi connectivity index (χ4n) is 1.57. The summed E-state index contributed by atoms with van der Waals surface area (Å²) >= 11 is 7.44. The Morgan fingerprint density at radius 1 is 1.29 bits per heavy atom. The molecule has 2 aromatic carbocycles. The summed E-state index contributed by atoms with van der Waals surface area (Å²) in [6.45, 7) is 0. The van der Waals surface area contributed by atoms with Crippen LogP contribution in [0, 0.1) is 19.5 Å². The Morgan fingerprint density at radius 3 is 2.62 bits per heavy atom. The van der Waals surface area contributed by atoms with Crippen molar-refractivity contribution in [1.82, 2.24) is 0 Å². The lowest BCUT2D eigenvalue weighted by Crippen LogP contribution is -2.14. The average Bonchev–Trinajstić information content (AvgIpc) is 2.43. The smallest absolute Gasteiger partial charge is 0.270 e. The second-order valence-electron chi connectivity index (χ2n) is 4.00. The van der Waals surface area contributed by atoms with Gasteiger partial charge >= 0.3 is 0 Å². The Kier molecular flexibility index (Phi) is 4.73. The molecule has 0 spiro atoms. The van der Waals surface area contributed by atoms with Gasteiger partial charge in [-0.3, -0.25) is 14.9 Å². The molecular weight excluding hydrogens is 414 g/mol. The maximum atomic E-state index is 13.3. The Balaban J connectivity index is 2.29. The van der Waals surface area contributed by atoms with Crippen LogP contribution in [0.3, 0.4) is 0 Å². The molecule has 0 aliphatic heterocycles. The van der Waals surface area contributed by atoms with Gasteiger partial charge in [0.1, 0.15) is 5.82 Å². The molecule has 0 aromatic heterocycles. The van der Waals surface area contributed by atoms with E-state index < -0.39 is 16.6 Å². The second kappa shape index (κ2) is 6.35. The second-order valence-corrected chi connectivity index (χ2v) is 5.57. The molecule has 0 atom stereocenters. The lowest BCUT2D eigenvalue weighted by molar-refractivity contribution is -0.384. The summed E-state index contributed by atoms with van der Waals surface area (Å²) in [5.41, 5.74) is 0.159. The Hall–Kier alpha value is -1.74. The third-order valence-electron chi connectivity index (χ3n) is 2.58. The highest BCUT2D eigenvalue weighted by atomic mass is 127. The molecule has 0 heterocycles. The monoisotopic (exact) mass is 420 g/mol. The van der Waals surface area contributed by atoms with E-state index in [0.717, 1.165) is 6.07 Å². The van der Waals surface area contributed by atoms with E-state index >= 15 is 0 Å². The van der Waals surface area contributed by atoms with Crippen molar-refractivity contribution in [3.63, 3.8) is 0 Å². The zero-order valence-electron chi connectivity index (χ0n) is 10.3. The summed E-state index contributed by atoms with van der Waals surface area (Å²) in [7, 11) is 0. The molecule has 1 amide bonds. The van der Waals surface area contributed by atoms with Gasteiger partial charge in [-0.05, 0) is 46.9 Å². The largest absolute Gasteiger partial charge is 0.322 e. The van der Waals surface area contributed by atoms with Crippen LogP contribution in [0.1, 0.15) is 10.4 Å². The Morgan fingerprint density at radius 2 is 2.00 bits per heavy atom.